The predicted octanol–water partition coefficient (Wildman–Crippen LogP) is 4.32. The van der Waals surface area contributed by atoms with Crippen molar-refractivity contribution in [3.63, 3.8) is 0 Å². The highest BCUT2D eigenvalue weighted by molar-refractivity contribution is 7.12. The predicted molar refractivity (Wildman–Crippen MR) is 91.4 cm³/mol. The molecule has 2 aromatic rings. The molecule has 0 amide bonds. The molecular weight excluding hydrogens is 280 g/mol. The van der Waals surface area contributed by atoms with Gasteiger partial charge in [-0.1, -0.05) is 6.92 Å². The van der Waals surface area contributed by atoms with Gasteiger partial charge in [0.1, 0.15) is 17.5 Å². The lowest BCUT2D eigenvalue weighted by Crippen LogP contribution is -2.11. The zero-order valence-corrected chi connectivity index (χ0v) is 14.3. The summed E-state index contributed by atoms with van der Waals surface area (Å²) in [5.41, 5.74) is 1.35. The summed E-state index contributed by atoms with van der Waals surface area (Å²) in [6.45, 7) is 11.5. The van der Waals surface area contributed by atoms with Crippen LogP contribution in [0.25, 0.3) is 0 Å². The molecule has 5 heteroatoms. The molecule has 1 atom stereocenters. The van der Waals surface area contributed by atoms with Gasteiger partial charge in [0.15, 0.2) is 0 Å². The Kier molecular flexibility index (Phi) is 5.17. The number of aromatic nitrogens is 2. The summed E-state index contributed by atoms with van der Waals surface area (Å²) in [6.07, 6.45) is 0.832. The van der Waals surface area contributed by atoms with Gasteiger partial charge in [0.2, 0.25) is 0 Å². The molecule has 0 aliphatic carbocycles. The van der Waals surface area contributed by atoms with Crippen molar-refractivity contribution in [2.45, 2.75) is 47.1 Å². The van der Waals surface area contributed by atoms with Crippen molar-refractivity contribution in [1.82, 2.24) is 9.97 Å². The van der Waals surface area contributed by atoms with Gasteiger partial charge in [0.25, 0.3) is 0 Å². The first-order valence-corrected chi connectivity index (χ1v) is 8.30. The second-order valence-electron chi connectivity index (χ2n) is 5.17. The first-order chi connectivity index (χ1) is 10.0. The molecule has 21 heavy (non-hydrogen) atoms. The molecular formula is C16H24N4S. The van der Waals surface area contributed by atoms with E-state index in [4.69, 9.17) is 0 Å². The molecule has 0 aliphatic rings. The van der Waals surface area contributed by atoms with Crippen LogP contribution in [0.15, 0.2) is 12.1 Å². The first-order valence-electron chi connectivity index (χ1n) is 7.48. The maximum Gasteiger partial charge on any atom is 0.132 e. The van der Waals surface area contributed by atoms with Crippen molar-refractivity contribution < 1.29 is 0 Å². The van der Waals surface area contributed by atoms with Crippen LogP contribution in [-0.2, 0) is 6.42 Å². The van der Waals surface area contributed by atoms with E-state index in [0.717, 1.165) is 30.4 Å². The van der Waals surface area contributed by atoms with E-state index in [9.17, 15) is 0 Å². The average molecular weight is 304 g/mol. The minimum absolute atomic E-state index is 0.240. The molecule has 0 aliphatic heterocycles. The van der Waals surface area contributed by atoms with Gasteiger partial charge in [0.05, 0.1) is 6.04 Å². The van der Waals surface area contributed by atoms with E-state index in [1.54, 1.807) is 0 Å². The number of nitrogens with zero attached hydrogens (tertiary/aromatic N) is 2. The topological polar surface area (TPSA) is 49.8 Å². The molecule has 0 spiro atoms. The minimum atomic E-state index is 0.240. The fourth-order valence-corrected chi connectivity index (χ4v) is 3.40. The Labute approximate surface area is 131 Å². The van der Waals surface area contributed by atoms with E-state index in [1.807, 2.05) is 17.4 Å². The van der Waals surface area contributed by atoms with Crippen LogP contribution in [0.2, 0.25) is 0 Å². The number of hydrogen-bond donors (Lipinski definition) is 2. The van der Waals surface area contributed by atoms with Crippen molar-refractivity contribution in [2.75, 3.05) is 17.2 Å². The van der Waals surface area contributed by atoms with Crippen molar-refractivity contribution in [3.05, 3.63) is 33.3 Å². The van der Waals surface area contributed by atoms with E-state index in [2.05, 4.69) is 61.3 Å². The second-order valence-corrected chi connectivity index (χ2v) is 6.63. The summed E-state index contributed by atoms with van der Waals surface area (Å²) in [7, 11) is 0. The molecule has 4 nitrogen and oxygen atoms in total. The van der Waals surface area contributed by atoms with Gasteiger partial charge in [0, 0.05) is 28.8 Å². The molecule has 0 bridgehead atoms. The van der Waals surface area contributed by atoms with E-state index in [1.165, 1.54) is 15.3 Å². The SMILES string of the molecule is CCNc1cc(NC(C)c2cc(C)sc2C)nc(CC)n1. The van der Waals surface area contributed by atoms with Crippen LogP contribution in [-0.4, -0.2) is 16.5 Å². The van der Waals surface area contributed by atoms with Crippen molar-refractivity contribution in [3.8, 4) is 0 Å². The number of anilines is 2. The molecule has 0 fully saturated rings. The Balaban J connectivity index is 2.21. The largest absolute Gasteiger partial charge is 0.370 e. The zero-order chi connectivity index (χ0) is 15.4. The van der Waals surface area contributed by atoms with Gasteiger partial charge in [-0.2, -0.15) is 0 Å². The summed E-state index contributed by atoms with van der Waals surface area (Å²) >= 11 is 1.84. The molecule has 0 aromatic carbocycles. The minimum Gasteiger partial charge on any atom is -0.370 e. The smallest absolute Gasteiger partial charge is 0.132 e. The third-order valence-corrected chi connectivity index (χ3v) is 4.34. The van der Waals surface area contributed by atoms with Crippen LogP contribution in [0.1, 0.15) is 48.0 Å². The number of hydrogen-bond acceptors (Lipinski definition) is 5. The molecule has 2 rings (SSSR count). The van der Waals surface area contributed by atoms with Crippen molar-refractivity contribution in [1.29, 1.82) is 0 Å². The van der Waals surface area contributed by atoms with Crippen LogP contribution >= 0.6 is 11.3 Å². The molecule has 0 saturated heterocycles. The van der Waals surface area contributed by atoms with Crippen molar-refractivity contribution >= 4 is 23.0 Å². The molecule has 114 valence electrons. The van der Waals surface area contributed by atoms with Gasteiger partial charge in [-0.05, 0) is 39.3 Å². The Morgan fingerprint density at radius 1 is 1.14 bits per heavy atom. The molecule has 1 unspecified atom stereocenters. The van der Waals surface area contributed by atoms with Crippen LogP contribution in [0.3, 0.4) is 0 Å². The van der Waals surface area contributed by atoms with Crippen LogP contribution < -0.4 is 10.6 Å². The molecule has 0 saturated carbocycles. The van der Waals surface area contributed by atoms with Gasteiger partial charge < -0.3 is 10.6 Å². The first kappa shape index (κ1) is 15.8. The number of aryl methyl sites for hydroxylation is 3. The maximum atomic E-state index is 4.58. The lowest BCUT2D eigenvalue weighted by Gasteiger charge is -2.16. The quantitative estimate of drug-likeness (QED) is 0.834. The van der Waals surface area contributed by atoms with Gasteiger partial charge in [-0.15, -0.1) is 11.3 Å². The van der Waals surface area contributed by atoms with Gasteiger partial charge in [-0.25, -0.2) is 9.97 Å². The number of rotatable bonds is 6. The second kappa shape index (κ2) is 6.89. The lowest BCUT2D eigenvalue weighted by atomic mass is 10.1. The van der Waals surface area contributed by atoms with E-state index in [0.29, 0.717) is 0 Å². The summed E-state index contributed by atoms with van der Waals surface area (Å²) < 4.78 is 0. The molecule has 2 aromatic heterocycles. The Bertz CT molecular complexity index is 606. The normalized spacial score (nSPS) is 12.2. The molecule has 2 heterocycles. The molecule has 0 radical (unpaired) electrons. The highest BCUT2D eigenvalue weighted by Crippen LogP contribution is 2.28. The highest BCUT2D eigenvalue weighted by Gasteiger charge is 2.12. The number of thiophene rings is 1. The maximum absolute atomic E-state index is 4.58. The monoisotopic (exact) mass is 304 g/mol. The van der Waals surface area contributed by atoms with E-state index < -0.39 is 0 Å². The molecule has 2 N–H and O–H groups in total. The van der Waals surface area contributed by atoms with Crippen molar-refractivity contribution in [2.24, 2.45) is 0 Å². The summed E-state index contributed by atoms with van der Waals surface area (Å²) in [5.74, 6) is 2.63. The third kappa shape index (κ3) is 3.94. The van der Waals surface area contributed by atoms with Gasteiger partial charge >= 0.3 is 0 Å². The Hall–Kier alpha value is -1.62. The van der Waals surface area contributed by atoms with Crippen LogP contribution in [0.4, 0.5) is 11.6 Å². The standard InChI is InChI=1S/C16H24N4S/c1-6-14-19-15(17-7-2)9-16(20-14)18-11(4)13-8-10(3)21-12(13)5/h8-9,11H,6-7H2,1-5H3,(H2,17,18,19,20). The van der Waals surface area contributed by atoms with E-state index in [-0.39, 0.29) is 6.04 Å². The summed E-state index contributed by atoms with van der Waals surface area (Å²) in [5, 5.41) is 6.76. The summed E-state index contributed by atoms with van der Waals surface area (Å²) in [4.78, 5) is 11.8. The van der Waals surface area contributed by atoms with Crippen LogP contribution in [0.5, 0.6) is 0 Å². The third-order valence-electron chi connectivity index (χ3n) is 3.36. The number of nitrogens with one attached hydrogen (secondary N) is 2. The fourth-order valence-electron chi connectivity index (χ4n) is 2.38. The van der Waals surface area contributed by atoms with E-state index >= 15 is 0 Å². The summed E-state index contributed by atoms with van der Waals surface area (Å²) in [6, 6.07) is 4.47. The van der Waals surface area contributed by atoms with Crippen LogP contribution in [0, 0.1) is 13.8 Å². The zero-order valence-electron chi connectivity index (χ0n) is 13.4. The Morgan fingerprint density at radius 2 is 1.86 bits per heavy atom. The average Bonchev–Trinajstić information content (AvgIpc) is 2.78. The highest BCUT2D eigenvalue weighted by atomic mass is 32.1. The Morgan fingerprint density at radius 3 is 2.43 bits per heavy atom. The fraction of sp³-hybridized carbons (Fsp3) is 0.500. The van der Waals surface area contributed by atoms with Gasteiger partial charge in [-0.3, -0.25) is 0 Å². The lowest BCUT2D eigenvalue weighted by molar-refractivity contribution is 0.854.